The largest absolute Gasteiger partial charge is 0.494 e. The molecule has 2 aliphatic heterocycles. The number of amides is 3. The van der Waals surface area contributed by atoms with Crippen LogP contribution >= 0.6 is 11.8 Å². The Kier molecular flexibility index (Phi) is 5.43. The maximum Gasteiger partial charge on any atom is 0.294 e. The van der Waals surface area contributed by atoms with Crippen LogP contribution < -0.4 is 4.74 Å². The molecule has 0 spiro atoms. The zero-order valence-electron chi connectivity index (χ0n) is 14.1. The number of carbonyl (C=O) groups is 3. The Hall–Kier alpha value is -2.28. The third-order valence-electron chi connectivity index (χ3n) is 4.09. The highest BCUT2D eigenvalue weighted by Crippen LogP contribution is 2.32. The van der Waals surface area contributed by atoms with Gasteiger partial charge in [0.2, 0.25) is 5.91 Å². The Morgan fingerprint density at radius 3 is 2.76 bits per heavy atom. The lowest BCUT2D eigenvalue weighted by atomic mass is 10.2. The fourth-order valence-corrected chi connectivity index (χ4v) is 3.69. The molecule has 0 unspecified atom stereocenters. The van der Waals surface area contributed by atoms with Crippen LogP contribution in [0.25, 0.3) is 6.08 Å². The third kappa shape index (κ3) is 4.04. The average Bonchev–Trinajstić information content (AvgIpc) is 3.21. The van der Waals surface area contributed by atoms with Gasteiger partial charge in [0.25, 0.3) is 11.1 Å². The average molecular weight is 360 g/mol. The predicted octanol–water partition coefficient (Wildman–Crippen LogP) is 2.74. The zero-order valence-corrected chi connectivity index (χ0v) is 14.9. The second kappa shape index (κ2) is 7.74. The SMILES string of the molecule is CCOc1cccc(/C=C2\SC(=O)N(CC(=O)N3CCCC3)C2=O)c1. The Labute approximate surface area is 150 Å². The highest BCUT2D eigenvalue weighted by molar-refractivity contribution is 8.18. The lowest BCUT2D eigenvalue weighted by molar-refractivity contribution is -0.135. The van der Waals surface area contributed by atoms with E-state index in [1.54, 1.807) is 11.0 Å². The minimum atomic E-state index is -0.413. The molecule has 2 saturated heterocycles. The molecule has 1 aromatic carbocycles. The van der Waals surface area contributed by atoms with Crippen molar-refractivity contribution >= 4 is 34.9 Å². The van der Waals surface area contributed by atoms with Gasteiger partial charge in [0.1, 0.15) is 12.3 Å². The molecule has 0 aliphatic carbocycles. The molecule has 3 rings (SSSR count). The number of nitrogens with zero attached hydrogens (tertiary/aromatic N) is 2. The van der Waals surface area contributed by atoms with E-state index in [1.807, 2.05) is 31.2 Å². The summed E-state index contributed by atoms with van der Waals surface area (Å²) in [7, 11) is 0. The zero-order chi connectivity index (χ0) is 17.8. The van der Waals surface area contributed by atoms with Gasteiger partial charge in [0.15, 0.2) is 0 Å². The fourth-order valence-electron chi connectivity index (χ4n) is 2.85. The van der Waals surface area contributed by atoms with Gasteiger partial charge in [-0.25, -0.2) is 0 Å². The first-order chi connectivity index (χ1) is 12.1. The summed E-state index contributed by atoms with van der Waals surface area (Å²) in [5.41, 5.74) is 0.780. The maximum atomic E-state index is 12.5. The first-order valence-corrected chi connectivity index (χ1v) is 9.16. The smallest absolute Gasteiger partial charge is 0.294 e. The van der Waals surface area contributed by atoms with E-state index < -0.39 is 11.1 Å². The van der Waals surface area contributed by atoms with Gasteiger partial charge < -0.3 is 9.64 Å². The monoisotopic (exact) mass is 360 g/mol. The highest BCUT2D eigenvalue weighted by atomic mass is 32.2. The van der Waals surface area contributed by atoms with Gasteiger partial charge >= 0.3 is 0 Å². The lowest BCUT2D eigenvalue weighted by Crippen LogP contribution is -2.40. The summed E-state index contributed by atoms with van der Waals surface area (Å²) < 4.78 is 5.44. The van der Waals surface area contributed by atoms with Crippen molar-refractivity contribution in [2.75, 3.05) is 26.2 Å². The summed E-state index contributed by atoms with van der Waals surface area (Å²) >= 11 is 0.867. The number of imide groups is 1. The molecule has 0 N–H and O–H groups in total. The summed E-state index contributed by atoms with van der Waals surface area (Å²) in [5.74, 6) is 0.128. The number of hydrogen-bond donors (Lipinski definition) is 0. The van der Waals surface area contributed by atoms with E-state index in [4.69, 9.17) is 4.74 Å². The van der Waals surface area contributed by atoms with Gasteiger partial charge in [0, 0.05) is 13.1 Å². The van der Waals surface area contributed by atoms with Crippen molar-refractivity contribution in [1.82, 2.24) is 9.80 Å². The molecule has 0 atom stereocenters. The third-order valence-corrected chi connectivity index (χ3v) is 5.00. The van der Waals surface area contributed by atoms with Gasteiger partial charge in [-0.05, 0) is 55.3 Å². The molecule has 2 aliphatic rings. The van der Waals surface area contributed by atoms with Gasteiger partial charge in [-0.1, -0.05) is 12.1 Å². The number of hydrogen-bond acceptors (Lipinski definition) is 5. The molecular weight excluding hydrogens is 340 g/mol. The Bertz CT molecular complexity index is 726. The molecule has 132 valence electrons. The summed E-state index contributed by atoms with van der Waals surface area (Å²) in [4.78, 5) is 39.9. The molecule has 0 bridgehead atoms. The molecule has 1 aromatic rings. The Morgan fingerprint density at radius 2 is 2.04 bits per heavy atom. The molecular formula is C18H20N2O4S. The van der Waals surface area contributed by atoms with Crippen molar-refractivity contribution in [3.63, 3.8) is 0 Å². The van der Waals surface area contributed by atoms with Gasteiger partial charge in [-0.2, -0.15) is 0 Å². The first kappa shape index (κ1) is 17.5. The molecule has 2 fully saturated rings. The molecule has 25 heavy (non-hydrogen) atoms. The van der Waals surface area contributed by atoms with Crippen molar-refractivity contribution in [3.05, 3.63) is 34.7 Å². The Balaban J connectivity index is 1.72. The van der Waals surface area contributed by atoms with E-state index in [-0.39, 0.29) is 12.5 Å². The van der Waals surface area contributed by atoms with Crippen molar-refractivity contribution in [2.24, 2.45) is 0 Å². The van der Waals surface area contributed by atoms with E-state index >= 15 is 0 Å². The molecule has 0 aromatic heterocycles. The Morgan fingerprint density at radius 1 is 1.28 bits per heavy atom. The standard InChI is InChI=1S/C18H20N2O4S/c1-2-24-14-7-5-6-13(10-14)11-15-17(22)20(18(23)25-15)12-16(21)19-8-3-4-9-19/h5-7,10-11H,2-4,8-9,12H2,1H3/b15-11-. The molecule has 2 heterocycles. The molecule has 0 radical (unpaired) electrons. The fraction of sp³-hybridized carbons (Fsp3) is 0.389. The van der Waals surface area contributed by atoms with Crippen molar-refractivity contribution in [2.45, 2.75) is 19.8 Å². The van der Waals surface area contributed by atoms with Gasteiger partial charge in [-0.15, -0.1) is 0 Å². The van der Waals surface area contributed by atoms with E-state index in [1.165, 1.54) is 0 Å². The van der Waals surface area contributed by atoms with Crippen molar-refractivity contribution in [1.29, 1.82) is 0 Å². The van der Waals surface area contributed by atoms with E-state index in [2.05, 4.69) is 0 Å². The second-order valence-electron chi connectivity index (χ2n) is 5.86. The van der Waals surface area contributed by atoms with Crippen LogP contribution in [0.3, 0.4) is 0 Å². The minimum absolute atomic E-state index is 0.167. The normalized spacial score (nSPS) is 19.2. The topological polar surface area (TPSA) is 66.9 Å². The van der Waals surface area contributed by atoms with E-state index in [9.17, 15) is 14.4 Å². The quantitative estimate of drug-likeness (QED) is 0.756. The number of benzene rings is 1. The lowest BCUT2D eigenvalue weighted by Gasteiger charge is -2.18. The van der Waals surface area contributed by atoms with Crippen LogP contribution in [0, 0.1) is 0 Å². The van der Waals surface area contributed by atoms with Crippen molar-refractivity contribution in [3.8, 4) is 5.75 Å². The number of rotatable bonds is 5. The van der Waals surface area contributed by atoms with Crippen LogP contribution in [0.2, 0.25) is 0 Å². The summed E-state index contributed by atoms with van der Waals surface area (Å²) in [6.07, 6.45) is 3.61. The van der Waals surface area contributed by atoms with Crippen LogP contribution in [0.15, 0.2) is 29.2 Å². The van der Waals surface area contributed by atoms with Crippen LogP contribution in [-0.4, -0.2) is 53.1 Å². The van der Waals surface area contributed by atoms with E-state index in [0.29, 0.717) is 30.4 Å². The summed E-state index contributed by atoms with van der Waals surface area (Å²) in [6.45, 7) is 3.68. The summed E-state index contributed by atoms with van der Waals surface area (Å²) in [6, 6.07) is 7.32. The van der Waals surface area contributed by atoms with Gasteiger partial charge in [0.05, 0.1) is 11.5 Å². The van der Waals surface area contributed by atoms with Crippen LogP contribution in [0.5, 0.6) is 5.75 Å². The minimum Gasteiger partial charge on any atom is -0.494 e. The van der Waals surface area contributed by atoms with Crippen molar-refractivity contribution < 1.29 is 19.1 Å². The summed E-state index contributed by atoms with van der Waals surface area (Å²) in [5, 5.41) is -0.398. The first-order valence-electron chi connectivity index (χ1n) is 8.34. The number of thioether (sulfide) groups is 1. The molecule has 3 amide bonds. The van der Waals surface area contributed by atoms with E-state index in [0.717, 1.165) is 35.1 Å². The molecule has 0 saturated carbocycles. The van der Waals surface area contributed by atoms with Gasteiger partial charge in [-0.3, -0.25) is 19.3 Å². The number of ether oxygens (including phenoxy) is 1. The van der Waals surface area contributed by atoms with Crippen LogP contribution in [0.4, 0.5) is 4.79 Å². The highest BCUT2D eigenvalue weighted by Gasteiger charge is 2.37. The molecule has 6 nitrogen and oxygen atoms in total. The van der Waals surface area contributed by atoms with Crippen LogP contribution in [0.1, 0.15) is 25.3 Å². The number of carbonyl (C=O) groups excluding carboxylic acids is 3. The second-order valence-corrected chi connectivity index (χ2v) is 6.85. The number of likely N-dealkylation sites (tertiary alicyclic amines) is 1. The predicted molar refractivity (Wildman–Crippen MR) is 96.1 cm³/mol. The maximum absolute atomic E-state index is 12.5. The molecule has 7 heteroatoms. The van der Waals surface area contributed by atoms with Crippen LogP contribution in [-0.2, 0) is 9.59 Å².